The van der Waals surface area contributed by atoms with Crippen molar-refractivity contribution in [3.05, 3.63) is 46.0 Å². The highest BCUT2D eigenvalue weighted by atomic mass is 32.1. The van der Waals surface area contributed by atoms with Gasteiger partial charge in [0.05, 0.1) is 14.1 Å². The molecule has 0 aliphatic heterocycles. The van der Waals surface area contributed by atoms with E-state index in [2.05, 4.69) is 61.9 Å². The Balaban J connectivity index is 1.25. The summed E-state index contributed by atoms with van der Waals surface area (Å²) in [7, 11) is 0. The summed E-state index contributed by atoms with van der Waals surface area (Å²) in [4.78, 5) is 2.99. The van der Waals surface area contributed by atoms with Crippen molar-refractivity contribution >= 4 is 95.7 Å². The van der Waals surface area contributed by atoms with Crippen LogP contribution in [0, 0.1) is 11.8 Å². The first-order valence-corrected chi connectivity index (χ1v) is 16.1. The number of benzene rings is 1. The minimum atomic E-state index is 0.827. The molecule has 1 atom stereocenters. The summed E-state index contributed by atoms with van der Waals surface area (Å²) in [6, 6.07) is 11.9. The first kappa shape index (κ1) is 22.2. The van der Waals surface area contributed by atoms with E-state index in [0.717, 1.165) is 11.8 Å². The molecule has 0 radical (unpaired) electrons. The average molecular weight is 525 g/mol. The van der Waals surface area contributed by atoms with Gasteiger partial charge in [0.1, 0.15) is 0 Å². The fourth-order valence-corrected chi connectivity index (χ4v) is 10.8. The van der Waals surface area contributed by atoms with Crippen molar-refractivity contribution in [3.8, 4) is 10.4 Å². The van der Waals surface area contributed by atoms with Crippen molar-refractivity contribution in [3.63, 3.8) is 0 Å². The summed E-state index contributed by atoms with van der Waals surface area (Å²) in [6.45, 7) is 7.10. The van der Waals surface area contributed by atoms with Crippen molar-refractivity contribution < 1.29 is 0 Å². The maximum atomic E-state index is 2.46. The smallest absolute Gasteiger partial charge is 0.0549 e. The van der Waals surface area contributed by atoms with Crippen LogP contribution in [-0.2, 0) is 6.42 Å². The van der Waals surface area contributed by atoms with Gasteiger partial charge in [-0.05, 0) is 60.4 Å². The molecule has 0 spiro atoms. The normalized spacial score (nSPS) is 13.5. The number of aryl methyl sites for hydroxylation is 1. The van der Waals surface area contributed by atoms with Gasteiger partial charge in [0.25, 0.3) is 0 Å². The predicted molar refractivity (Wildman–Crippen MR) is 157 cm³/mol. The Morgan fingerprint density at radius 2 is 1.58 bits per heavy atom. The van der Waals surface area contributed by atoms with E-state index in [0.29, 0.717) is 0 Å². The van der Waals surface area contributed by atoms with E-state index in [9.17, 15) is 0 Å². The van der Waals surface area contributed by atoms with Crippen LogP contribution in [0.2, 0.25) is 0 Å². The maximum Gasteiger partial charge on any atom is 0.0549 e. The zero-order valence-electron chi connectivity index (χ0n) is 19.3. The first-order chi connectivity index (χ1) is 16.1. The van der Waals surface area contributed by atoms with Gasteiger partial charge in [0, 0.05) is 45.6 Å². The molecule has 0 fully saturated rings. The Morgan fingerprint density at radius 3 is 2.45 bits per heavy atom. The third-order valence-corrected chi connectivity index (χ3v) is 12.4. The van der Waals surface area contributed by atoms with Crippen molar-refractivity contribution in [1.29, 1.82) is 0 Å². The highest BCUT2D eigenvalue weighted by Gasteiger charge is 2.17. The van der Waals surface area contributed by atoms with Crippen LogP contribution in [0.5, 0.6) is 0 Å². The zero-order valence-corrected chi connectivity index (χ0v) is 23.4. The number of hydrogen-bond acceptors (Lipinski definition) is 5. The van der Waals surface area contributed by atoms with Crippen LogP contribution in [-0.4, -0.2) is 0 Å². The average Bonchev–Trinajstić information content (AvgIpc) is 3.56. The molecule has 5 heteroatoms. The highest BCUT2D eigenvalue weighted by molar-refractivity contribution is 7.34. The molecule has 6 aromatic rings. The van der Waals surface area contributed by atoms with Gasteiger partial charge in [-0.1, -0.05) is 40.0 Å². The molecule has 0 saturated heterocycles. The predicted octanol–water partition coefficient (Wildman–Crippen LogP) is 11.7. The van der Waals surface area contributed by atoms with E-state index in [4.69, 9.17) is 0 Å². The molecule has 1 unspecified atom stereocenters. The molecule has 6 rings (SSSR count). The molecule has 0 aliphatic carbocycles. The lowest BCUT2D eigenvalue weighted by Crippen LogP contribution is -1.98. The van der Waals surface area contributed by atoms with Crippen molar-refractivity contribution in [2.24, 2.45) is 11.8 Å². The summed E-state index contributed by atoms with van der Waals surface area (Å²) in [6.07, 6.45) is 6.66. The summed E-state index contributed by atoms with van der Waals surface area (Å²) < 4.78 is 8.69. The maximum absolute atomic E-state index is 2.46. The minimum absolute atomic E-state index is 0.827. The first-order valence-electron chi connectivity index (χ1n) is 11.9. The third kappa shape index (κ3) is 4.21. The SMILES string of the molecule is CC(C)CCCC(C)CCc1ccc(-c2csc3c2sc2cc4sc5ccsc5c4cc23)s1. The Bertz CT molecular complexity index is 1550. The van der Waals surface area contributed by atoms with Gasteiger partial charge in [-0.15, -0.1) is 56.7 Å². The highest BCUT2D eigenvalue weighted by Crippen LogP contribution is 2.48. The molecule has 0 saturated carbocycles. The van der Waals surface area contributed by atoms with Crippen LogP contribution in [0.1, 0.15) is 51.3 Å². The Labute approximate surface area is 215 Å². The van der Waals surface area contributed by atoms with Crippen molar-refractivity contribution in [2.45, 2.75) is 52.9 Å². The van der Waals surface area contributed by atoms with Crippen LogP contribution in [0.3, 0.4) is 0 Å². The summed E-state index contributed by atoms with van der Waals surface area (Å²) in [5, 5.41) is 7.49. The molecule has 0 nitrogen and oxygen atoms in total. The van der Waals surface area contributed by atoms with E-state index in [1.807, 2.05) is 56.7 Å². The number of hydrogen-bond donors (Lipinski definition) is 0. The van der Waals surface area contributed by atoms with Crippen LogP contribution < -0.4 is 0 Å². The van der Waals surface area contributed by atoms with Gasteiger partial charge in [-0.25, -0.2) is 0 Å². The number of thiophene rings is 5. The quantitative estimate of drug-likeness (QED) is 0.186. The lowest BCUT2D eigenvalue weighted by molar-refractivity contribution is 0.438. The number of rotatable bonds is 8. The second-order valence-corrected chi connectivity index (χ2v) is 14.8. The molecule has 0 amide bonds. The van der Waals surface area contributed by atoms with Crippen LogP contribution in [0.4, 0.5) is 0 Å². The van der Waals surface area contributed by atoms with Gasteiger partial charge in [0.15, 0.2) is 0 Å². The van der Waals surface area contributed by atoms with Crippen LogP contribution in [0.15, 0.2) is 41.1 Å². The minimum Gasteiger partial charge on any atom is -0.142 e. The Kier molecular flexibility index (Phi) is 6.12. The van der Waals surface area contributed by atoms with E-state index in [1.165, 1.54) is 81.5 Å². The van der Waals surface area contributed by atoms with E-state index in [-0.39, 0.29) is 0 Å². The van der Waals surface area contributed by atoms with Gasteiger partial charge in [-0.3, -0.25) is 0 Å². The topological polar surface area (TPSA) is 0 Å². The van der Waals surface area contributed by atoms with E-state index >= 15 is 0 Å². The third-order valence-electron chi connectivity index (χ3n) is 6.67. The lowest BCUT2D eigenvalue weighted by atomic mass is 9.96. The van der Waals surface area contributed by atoms with Crippen LogP contribution >= 0.6 is 56.7 Å². The second kappa shape index (κ2) is 9.09. The molecule has 0 bridgehead atoms. The van der Waals surface area contributed by atoms with Gasteiger partial charge in [0.2, 0.25) is 0 Å². The molecule has 0 N–H and O–H groups in total. The molecular weight excluding hydrogens is 497 g/mol. The largest absolute Gasteiger partial charge is 0.142 e. The standard InChI is InChI=1S/C28H28S5/c1-16(2)5-4-6-17(3)7-8-18-9-10-22(31-18)21-15-30-27-20-13-19-24(14-25(20)33-28(21)27)32-23-11-12-29-26(19)23/h9-17H,4-8H2,1-3H3. The molecule has 33 heavy (non-hydrogen) atoms. The molecule has 5 aromatic heterocycles. The fraction of sp³-hybridized carbons (Fsp3) is 0.357. The van der Waals surface area contributed by atoms with Crippen molar-refractivity contribution in [2.75, 3.05) is 0 Å². The Morgan fingerprint density at radius 1 is 0.727 bits per heavy atom. The molecule has 0 aliphatic rings. The summed E-state index contributed by atoms with van der Waals surface area (Å²) in [5.74, 6) is 1.66. The van der Waals surface area contributed by atoms with Gasteiger partial charge >= 0.3 is 0 Å². The molecule has 170 valence electrons. The molecular formula is C28H28S5. The van der Waals surface area contributed by atoms with Crippen molar-refractivity contribution in [1.82, 2.24) is 0 Å². The molecule has 5 heterocycles. The summed E-state index contributed by atoms with van der Waals surface area (Å²) >= 11 is 9.73. The summed E-state index contributed by atoms with van der Waals surface area (Å²) in [5.41, 5.74) is 1.45. The van der Waals surface area contributed by atoms with E-state index < -0.39 is 0 Å². The zero-order chi connectivity index (χ0) is 22.5. The fourth-order valence-electron chi connectivity index (χ4n) is 4.76. The van der Waals surface area contributed by atoms with Crippen LogP contribution in [0.25, 0.3) is 49.4 Å². The molecule has 1 aromatic carbocycles. The lowest BCUT2D eigenvalue weighted by Gasteiger charge is -2.11. The number of fused-ring (bicyclic) bond motifs is 6. The Hall–Kier alpha value is -1.24. The second-order valence-electron chi connectivity index (χ2n) is 9.70. The van der Waals surface area contributed by atoms with Gasteiger partial charge in [-0.2, -0.15) is 0 Å². The van der Waals surface area contributed by atoms with Gasteiger partial charge < -0.3 is 0 Å². The van der Waals surface area contributed by atoms with E-state index in [1.54, 1.807) is 4.88 Å². The monoisotopic (exact) mass is 524 g/mol.